The van der Waals surface area contributed by atoms with Crippen LogP contribution in [0.1, 0.15) is 70.1 Å². The summed E-state index contributed by atoms with van der Waals surface area (Å²) in [6, 6.07) is 1.09. The summed E-state index contributed by atoms with van der Waals surface area (Å²) in [5.41, 5.74) is 1.72. The van der Waals surface area contributed by atoms with Gasteiger partial charge < -0.3 is 29.3 Å². The molecule has 2 amide bonds. The summed E-state index contributed by atoms with van der Waals surface area (Å²) in [7, 11) is 0. The first-order valence-electron chi connectivity index (χ1n) is 13.6. The fraction of sp³-hybridized carbons (Fsp3) is 0.621. The van der Waals surface area contributed by atoms with Crippen LogP contribution in [0.2, 0.25) is 0 Å². The van der Waals surface area contributed by atoms with Crippen LogP contribution in [0.3, 0.4) is 0 Å². The molecule has 38 heavy (non-hydrogen) atoms. The fourth-order valence-electron chi connectivity index (χ4n) is 5.07. The smallest absolute Gasteiger partial charge is 0.339 e. The van der Waals surface area contributed by atoms with Crippen molar-refractivity contribution in [1.29, 1.82) is 0 Å². The predicted molar refractivity (Wildman–Crippen MR) is 144 cm³/mol. The lowest BCUT2D eigenvalue weighted by molar-refractivity contribution is -0.130. The van der Waals surface area contributed by atoms with Gasteiger partial charge in [-0.05, 0) is 71.3 Å². The maximum Gasteiger partial charge on any atom is 0.339 e. The van der Waals surface area contributed by atoms with Crippen LogP contribution < -0.4 is 25.7 Å². The quantitative estimate of drug-likeness (QED) is 0.477. The van der Waals surface area contributed by atoms with Gasteiger partial charge in [0.1, 0.15) is 28.7 Å². The van der Waals surface area contributed by atoms with Gasteiger partial charge in [0.2, 0.25) is 5.91 Å². The van der Waals surface area contributed by atoms with Crippen LogP contribution in [-0.4, -0.2) is 49.3 Å². The van der Waals surface area contributed by atoms with Gasteiger partial charge in [-0.25, -0.2) is 4.79 Å². The first-order chi connectivity index (χ1) is 17.9. The lowest BCUT2D eigenvalue weighted by atomic mass is 9.92. The molecule has 2 aliphatic rings. The van der Waals surface area contributed by atoms with Crippen LogP contribution in [0.5, 0.6) is 11.5 Å². The standard InChI is InChI=1S/C29H40N2O7/c1-16(2)12-21(27(33)30-14-19-8-7-11-35-19)31-24(32)15-36-23-13-22-20(9-10-29(5,6)38-22)26-25(23)17(3)18(4)28(34)37-26/h13,16,19,21H,7-12,14-15H2,1-6H3,(H,30,33)(H,31,32)/t19-,21-/m0/s1. The van der Waals surface area contributed by atoms with E-state index in [2.05, 4.69) is 10.6 Å². The lowest BCUT2D eigenvalue weighted by Gasteiger charge is -2.33. The molecular formula is C29H40N2O7. The third-order valence-corrected chi connectivity index (χ3v) is 7.35. The highest BCUT2D eigenvalue weighted by molar-refractivity contribution is 5.93. The van der Waals surface area contributed by atoms with Crippen LogP contribution in [0.25, 0.3) is 11.0 Å². The molecule has 1 aromatic carbocycles. The Morgan fingerprint density at radius 2 is 1.97 bits per heavy atom. The minimum Gasteiger partial charge on any atom is -0.487 e. The molecule has 0 radical (unpaired) electrons. The number of hydrogen-bond donors (Lipinski definition) is 2. The van der Waals surface area contributed by atoms with E-state index in [9.17, 15) is 14.4 Å². The van der Waals surface area contributed by atoms with Gasteiger partial charge in [-0.1, -0.05) is 13.8 Å². The van der Waals surface area contributed by atoms with Crippen molar-refractivity contribution >= 4 is 22.8 Å². The van der Waals surface area contributed by atoms with E-state index in [0.717, 1.165) is 30.4 Å². The van der Waals surface area contributed by atoms with Gasteiger partial charge in [0.15, 0.2) is 6.61 Å². The van der Waals surface area contributed by atoms with Gasteiger partial charge in [0.05, 0.1) is 11.5 Å². The Morgan fingerprint density at radius 1 is 1.21 bits per heavy atom. The van der Waals surface area contributed by atoms with E-state index < -0.39 is 17.6 Å². The molecule has 4 rings (SSSR count). The molecule has 9 heteroatoms. The van der Waals surface area contributed by atoms with E-state index in [4.69, 9.17) is 18.6 Å². The first-order valence-corrected chi connectivity index (χ1v) is 13.6. The van der Waals surface area contributed by atoms with Crippen molar-refractivity contribution in [2.45, 2.75) is 91.4 Å². The number of aryl methyl sites for hydroxylation is 2. The molecule has 2 atom stereocenters. The summed E-state index contributed by atoms with van der Waals surface area (Å²) in [5.74, 6) is 0.543. The third-order valence-electron chi connectivity index (χ3n) is 7.35. The molecule has 0 saturated carbocycles. The van der Waals surface area contributed by atoms with Gasteiger partial charge in [0, 0.05) is 30.3 Å². The molecule has 1 saturated heterocycles. The Balaban J connectivity index is 1.53. The van der Waals surface area contributed by atoms with Crippen LogP contribution in [0.15, 0.2) is 15.3 Å². The molecule has 2 N–H and O–H groups in total. The SMILES string of the molecule is Cc1c(C)c2c(OCC(=O)N[C@@H](CC(C)C)C(=O)NC[C@@H]3CCCO3)cc3c(c2oc1=O)CCC(C)(C)O3. The second kappa shape index (κ2) is 11.4. The molecule has 0 bridgehead atoms. The summed E-state index contributed by atoms with van der Waals surface area (Å²) in [6.45, 7) is 12.4. The number of carbonyl (C=O) groups excluding carboxylic acids is 2. The summed E-state index contributed by atoms with van der Waals surface area (Å²) < 4.78 is 23.5. The zero-order chi connectivity index (χ0) is 27.6. The van der Waals surface area contributed by atoms with E-state index in [0.29, 0.717) is 54.0 Å². The van der Waals surface area contributed by atoms with E-state index >= 15 is 0 Å². The number of carbonyl (C=O) groups is 2. The number of rotatable bonds is 9. The molecule has 1 fully saturated rings. The maximum atomic E-state index is 13.0. The van der Waals surface area contributed by atoms with E-state index in [1.807, 2.05) is 34.6 Å². The van der Waals surface area contributed by atoms with E-state index in [1.54, 1.807) is 13.0 Å². The zero-order valence-corrected chi connectivity index (χ0v) is 23.3. The van der Waals surface area contributed by atoms with Gasteiger partial charge >= 0.3 is 5.63 Å². The minimum atomic E-state index is -0.682. The summed E-state index contributed by atoms with van der Waals surface area (Å²) >= 11 is 0. The molecule has 0 spiro atoms. The number of ether oxygens (including phenoxy) is 3. The van der Waals surface area contributed by atoms with Crippen molar-refractivity contribution in [2.75, 3.05) is 19.8 Å². The highest BCUT2D eigenvalue weighted by Gasteiger charge is 2.31. The van der Waals surface area contributed by atoms with Gasteiger partial charge in [0.25, 0.3) is 5.91 Å². The molecule has 0 unspecified atom stereocenters. The van der Waals surface area contributed by atoms with Gasteiger partial charge in [-0.3, -0.25) is 9.59 Å². The summed E-state index contributed by atoms with van der Waals surface area (Å²) in [5, 5.41) is 6.40. The van der Waals surface area contributed by atoms with Crippen LogP contribution >= 0.6 is 0 Å². The average molecular weight is 529 g/mol. The third kappa shape index (κ3) is 6.31. The van der Waals surface area contributed by atoms with Crippen LogP contribution in [0.4, 0.5) is 0 Å². The molecule has 2 aliphatic heterocycles. The molecule has 2 aromatic rings. The number of amides is 2. The highest BCUT2D eigenvalue weighted by atomic mass is 16.5. The molecule has 9 nitrogen and oxygen atoms in total. The normalized spacial score (nSPS) is 19.1. The van der Waals surface area contributed by atoms with Gasteiger partial charge in [-0.15, -0.1) is 0 Å². The molecule has 3 heterocycles. The van der Waals surface area contributed by atoms with Crippen molar-refractivity contribution in [3.05, 3.63) is 33.2 Å². The van der Waals surface area contributed by atoms with Crippen molar-refractivity contribution < 1.29 is 28.2 Å². The van der Waals surface area contributed by atoms with Gasteiger partial charge in [-0.2, -0.15) is 0 Å². The van der Waals surface area contributed by atoms with Crippen LogP contribution in [0, 0.1) is 19.8 Å². The Labute approximate surface area is 223 Å². The Bertz CT molecular complexity index is 1260. The van der Waals surface area contributed by atoms with Crippen molar-refractivity contribution in [3.8, 4) is 11.5 Å². The minimum absolute atomic E-state index is 0.0221. The largest absolute Gasteiger partial charge is 0.487 e. The zero-order valence-electron chi connectivity index (χ0n) is 23.3. The monoisotopic (exact) mass is 528 g/mol. The Kier molecular flexibility index (Phi) is 8.35. The number of fused-ring (bicyclic) bond motifs is 3. The summed E-state index contributed by atoms with van der Waals surface area (Å²) in [4.78, 5) is 38.3. The highest BCUT2D eigenvalue weighted by Crippen LogP contribution is 2.43. The first kappa shape index (κ1) is 28.0. The second-order valence-electron chi connectivity index (χ2n) is 11.5. The number of hydrogen-bond acceptors (Lipinski definition) is 7. The molecular weight excluding hydrogens is 488 g/mol. The Hall–Kier alpha value is -3.07. The maximum absolute atomic E-state index is 13.0. The topological polar surface area (TPSA) is 116 Å². The van der Waals surface area contributed by atoms with E-state index in [1.165, 1.54) is 0 Å². The Morgan fingerprint density at radius 3 is 2.66 bits per heavy atom. The molecule has 0 aliphatic carbocycles. The molecule has 208 valence electrons. The summed E-state index contributed by atoms with van der Waals surface area (Å²) in [6.07, 6.45) is 3.91. The molecule has 1 aromatic heterocycles. The average Bonchev–Trinajstić information content (AvgIpc) is 3.36. The fourth-order valence-corrected chi connectivity index (χ4v) is 5.07. The predicted octanol–water partition coefficient (Wildman–Crippen LogP) is 3.72. The number of nitrogens with one attached hydrogen (secondary N) is 2. The van der Waals surface area contributed by atoms with Crippen molar-refractivity contribution in [3.63, 3.8) is 0 Å². The van der Waals surface area contributed by atoms with E-state index in [-0.39, 0.29) is 30.1 Å². The second-order valence-corrected chi connectivity index (χ2v) is 11.5. The van der Waals surface area contributed by atoms with Crippen molar-refractivity contribution in [1.82, 2.24) is 10.6 Å². The van der Waals surface area contributed by atoms with Crippen LogP contribution in [-0.2, 0) is 20.7 Å². The lowest BCUT2D eigenvalue weighted by Crippen LogP contribution is -2.49. The number of benzene rings is 1. The van der Waals surface area contributed by atoms with Crippen molar-refractivity contribution in [2.24, 2.45) is 5.92 Å².